The van der Waals surface area contributed by atoms with Crippen molar-refractivity contribution in [3.05, 3.63) is 113 Å². The van der Waals surface area contributed by atoms with Crippen molar-refractivity contribution in [2.75, 3.05) is 18.5 Å². The molecule has 0 aliphatic rings. The molecule has 0 saturated heterocycles. The lowest BCUT2D eigenvalue weighted by Gasteiger charge is -2.30. The number of hydrogen-bond acceptors (Lipinski definition) is 4. The highest BCUT2D eigenvalue weighted by Crippen LogP contribution is 2.25. The topological polar surface area (TPSA) is 126 Å². The summed E-state index contributed by atoms with van der Waals surface area (Å²) in [6.07, 6.45) is 1.28. The predicted octanol–water partition coefficient (Wildman–Crippen LogP) is 5.20. The number of carbonyl (C=O) groups excluding carboxylic acids is 1. The van der Waals surface area contributed by atoms with Crippen LogP contribution in [0.1, 0.15) is 27.6 Å². The summed E-state index contributed by atoms with van der Waals surface area (Å²) in [6, 6.07) is 22.4. The van der Waals surface area contributed by atoms with E-state index in [9.17, 15) is 24.9 Å². The molecule has 38 heavy (non-hydrogen) atoms. The van der Waals surface area contributed by atoms with Crippen molar-refractivity contribution in [2.45, 2.75) is 18.6 Å². The summed E-state index contributed by atoms with van der Waals surface area (Å²) in [5, 5.41) is 33.6. The van der Waals surface area contributed by atoms with Crippen LogP contribution in [0.2, 0.25) is 5.02 Å². The van der Waals surface area contributed by atoms with Gasteiger partial charge in [-0.25, -0.2) is 4.79 Å². The summed E-state index contributed by atoms with van der Waals surface area (Å²) in [6.45, 7) is -0.655. The molecule has 0 radical (unpaired) electrons. The fourth-order valence-corrected chi connectivity index (χ4v) is 4.46. The molecule has 0 aliphatic carbocycles. The summed E-state index contributed by atoms with van der Waals surface area (Å²) in [5.74, 6) is -0.266. The number of benzene rings is 3. The lowest BCUT2D eigenvalue weighted by molar-refractivity contribution is 0.0582. The SMILES string of the molecule is O=C(Nc1ccc(C[C@@H](CO)N(C[C@H](O)c2cccc(Cl)c2)C(=O)O)cc1)c1c[nH]cc1-c1ccccc1. The van der Waals surface area contributed by atoms with Crippen LogP contribution in [-0.4, -0.2) is 56.4 Å². The van der Waals surface area contributed by atoms with Crippen molar-refractivity contribution in [3.63, 3.8) is 0 Å². The molecule has 0 bridgehead atoms. The first-order valence-electron chi connectivity index (χ1n) is 12.0. The number of aliphatic hydroxyl groups is 2. The Kier molecular flexibility index (Phi) is 8.81. The lowest BCUT2D eigenvalue weighted by atomic mass is 10.0. The van der Waals surface area contributed by atoms with Crippen LogP contribution in [0.3, 0.4) is 0 Å². The molecule has 0 aliphatic heterocycles. The van der Waals surface area contributed by atoms with Crippen LogP contribution < -0.4 is 5.32 Å². The van der Waals surface area contributed by atoms with Gasteiger partial charge < -0.3 is 25.6 Å². The van der Waals surface area contributed by atoms with Crippen LogP contribution in [0.5, 0.6) is 0 Å². The Hall–Kier alpha value is -4.11. The number of carbonyl (C=O) groups is 2. The van der Waals surface area contributed by atoms with Gasteiger partial charge in [0, 0.05) is 28.7 Å². The van der Waals surface area contributed by atoms with Gasteiger partial charge >= 0.3 is 6.09 Å². The van der Waals surface area contributed by atoms with Crippen molar-refractivity contribution in [1.29, 1.82) is 0 Å². The second-order valence-corrected chi connectivity index (χ2v) is 9.28. The van der Waals surface area contributed by atoms with Gasteiger partial charge in [-0.2, -0.15) is 0 Å². The quantitative estimate of drug-likeness (QED) is 0.191. The third-order valence-electron chi connectivity index (χ3n) is 6.26. The normalized spacial score (nSPS) is 12.5. The van der Waals surface area contributed by atoms with Gasteiger partial charge in [-0.15, -0.1) is 0 Å². The van der Waals surface area contributed by atoms with Crippen LogP contribution >= 0.6 is 11.6 Å². The van der Waals surface area contributed by atoms with Gasteiger partial charge in [0.05, 0.1) is 30.9 Å². The second-order valence-electron chi connectivity index (χ2n) is 8.85. The summed E-state index contributed by atoms with van der Waals surface area (Å²) >= 11 is 5.99. The zero-order chi connectivity index (χ0) is 27.1. The molecule has 3 aromatic carbocycles. The monoisotopic (exact) mass is 533 g/mol. The molecule has 1 heterocycles. The maximum absolute atomic E-state index is 12.9. The number of rotatable bonds is 10. The number of aromatic amines is 1. The molecule has 9 heteroatoms. The number of aliphatic hydroxyl groups excluding tert-OH is 2. The van der Waals surface area contributed by atoms with E-state index in [2.05, 4.69) is 10.3 Å². The molecule has 0 fully saturated rings. The van der Waals surface area contributed by atoms with Gasteiger partial charge in [0.15, 0.2) is 0 Å². The Morgan fingerprint density at radius 2 is 1.71 bits per heavy atom. The molecule has 2 atom stereocenters. The highest BCUT2D eigenvalue weighted by molar-refractivity contribution is 6.30. The maximum atomic E-state index is 12.9. The van der Waals surface area contributed by atoms with E-state index in [0.29, 0.717) is 21.8 Å². The van der Waals surface area contributed by atoms with E-state index in [4.69, 9.17) is 11.6 Å². The molecule has 4 rings (SSSR count). The number of aromatic nitrogens is 1. The molecule has 0 saturated carbocycles. The van der Waals surface area contributed by atoms with Crippen molar-refractivity contribution in [3.8, 4) is 11.1 Å². The Bertz CT molecular complexity index is 1370. The first-order chi connectivity index (χ1) is 18.4. The number of carboxylic acid groups (broad SMARTS) is 1. The van der Waals surface area contributed by atoms with E-state index in [-0.39, 0.29) is 18.9 Å². The zero-order valence-electron chi connectivity index (χ0n) is 20.4. The molecule has 5 N–H and O–H groups in total. The molecular formula is C29H28ClN3O5. The van der Waals surface area contributed by atoms with E-state index in [1.807, 2.05) is 30.3 Å². The highest BCUT2D eigenvalue weighted by Gasteiger charge is 2.26. The van der Waals surface area contributed by atoms with Gasteiger partial charge in [-0.1, -0.05) is 66.2 Å². The Morgan fingerprint density at radius 3 is 2.37 bits per heavy atom. The highest BCUT2D eigenvalue weighted by atomic mass is 35.5. The smallest absolute Gasteiger partial charge is 0.407 e. The number of anilines is 1. The van der Waals surface area contributed by atoms with Gasteiger partial charge in [-0.05, 0) is 47.4 Å². The van der Waals surface area contributed by atoms with E-state index in [1.165, 1.54) is 0 Å². The van der Waals surface area contributed by atoms with Crippen molar-refractivity contribution in [1.82, 2.24) is 9.88 Å². The number of halogens is 1. The minimum Gasteiger partial charge on any atom is -0.465 e. The standard InChI is InChI=1S/C29H28ClN3O5/c30-22-8-4-7-21(14-22)27(35)17-33(29(37)38)24(18-34)13-19-9-11-23(12-10-19)32-28(36)26-16-31-15-25(26)20-5-2-1-3-6-20/h1-12,14-16,24,27,31,34-35H,13,17-18H2,(H,32,36)(H,37,38)/t24-,27-/m0/s1. The van der Waals surface area contributed by atoms with Gasteiger partial charge in [-0.3, -0.25) is 9.69 Å². The van der Waals surface area contributed by atoms with Crippen LogP contribution in [0.4, 0.5) is 10.5 Å². The average Bonchev–Trinajstić information content (AvgIpc) is 3.42. The Labute approximate surface area is 225 Å². The third-order valence-corrected chi connectivity index (χ3v) is 6.49. The molecule has 0 spiro atoms. The lowest BCUT2D eigenvalue weighted by Crippen LogP contribution is -2.45. The molecular weight excluding hydrogens is 506 g/mol. The molecule has 4 aromatic rings. The molecule has 8 nitrogen and oxygen atoms in total. The average molecular weight is 534 g/mol. The largest absolute Gasteiger partial charge is 0.465 e. The van der Waals surface area contributed by atoms with Gasteiger partial charge in [0.2, 0.25) is 0 Å². The second kappa shape index (κ2) is 12.4. The fraction of sp³-hybridized carbons (Fsp3) is 0.172. The van der Waals surface area contributed by atoms with Crippen molar-refractivity contribution < 1.29 is 24.9 Å². The molecule has 0 unspecified atom stereocenters. The van der Waals surface area contributed by atoms with Crippen molar-refractivity contribution >= 4 is 29.3 Å². The maximum Gasteiger partial charge on any atom is 0.407 e. The summed E-state index contributed by atoms with van der Waals surface area (Å²) in [7, 11) is 0. The first kappa shape index (κ1) is 26.9. The number of nitrogens with one attached hydrogen (secondary N) is 2. The summed E-state index contributed by atoms with van der Waals surface area (Å²) in [4.78, 5) is 28.9. The van der Waals surface area contributed by atoms with Crippen molar-refractivity contribution in [2.24, 2.45) is 0 Å². The van der Waals surface area contributed by atoms with Crippen LogP contribution in [0.25, 0.3) is 11.1 Å². The minimum absolute atomic E-state index is 0.218. The zero-order valence-corrected chi connectivity index (χ0v) is 21.2. The Balaban J connectivity index is 1.42. The Morgan fingerprint density at radius 1 is 0.974 bits per heavy atom. The van der Waals surface area contributed by atoms with Gasteiger partial charge in [0.25, 0.3) is 5.91 Å². The van der Waals surface area contributed by atoms with E-state index in [1.54, 1.807) is 60.9 Å². The van der Waals surface area contributed by atoms with Crippen LogP contribution in [-0.2, 0) is 6.42 Å². The predicted molar refractivity (Wildman–Crippen MR) is 146 cm³/mol. The van der Waals surface area contributed by atoms with E-state index < -0.39 is 24.8 Å². The van der Waals surface area contributed by atoms with Crippen LogP contribution in [0.15, 0.2) is 91.3 Å². The minimum atomic E-state index is -1.25. The number of H-pyrrole nitrogens is 1. The first-order valence-corrected chi connectivity index (χ1v) is 12.4. The molecule has 196 valence electrons. The fourth-order valence-electron chi connectivity index (χ4n) is 4.27. The third kappa shape index (κ3) is 6.60. The number of hydrogen-bond donors (Lipinski definition) is 5. The van der Waals surface area contributed by atoms with E-state index in [0.717, 1.165) is 21.6 Å². The number of amides is 2. The van der Waals surface area contributed by atoms with Crippen LogP contribution in [0, 0.1) is 0 Å². The van der Waals surface area contributed by atoms with Gasteiger partial charge in [0.1, 0.15) is 0 Å². The summed E-state index contributed by atoms with van der Waals surface area (Å²) in [5.41, 5.74) is 4.05. The summed E-state index contributed by atoms with van der Waals surface area (Å²) < 4.78 is 0. The number of nitrogens with zero attached hydrogens (tertiary/aromatic N) is 1. The van der Waals surface area contributed by atoms with E-state index >= 15 is 0 Å². The molecule has 2 amide bonds. The molecule has 1 aromatic heterocycles.